The molecule has 0 aliphatic heterocycles. The molecule has 12 heavy (non-hydrogen) atoms. The molecule has 0 amide bonds. The Morgan fingerprint density at radius 2 is 2.00 bits per heavy atom. The fraction of sp³-hybridized carbons (Fsp3) is 0. The quantitative estimate of drug-likeness (QED) is 0.741. The molecule has 1 nitrogen and oxygen atoms in total. The maximum absolute atomic E-state index is 4.31. The summed E-state index contributed by atoms with van der Waals surface area (Å²) in [4.78, 5) is 4.31. The van der Waals surface area contributed by atoms with Crippen LogP contribution in [-0.2, 0) is 0 Å². The molecule has 0 bridgehead atoms. The van der Waals surface area contributed by atoms with Gasteiger partial charge in [0.1, 0.15) is 0 Å². The van der Waals surface area contributed by atoms with E-state index in [1.54, 1.807) is 11.3 Å². The predicted molar refractivity (Wildman–Crippen MR) is 53.6 cm³/mol. The van der Waals surface area contributed by atoms with Crippen LogP contribution in [-0.4, -0.2) is 26.1 Å². The molecule has 0 aliphatic rings. The van der Waals surface area contributed by atoms with E-state index in [-0.39, 0.29) is 0 Å². The first-order valence-corrected chi connectivity index (χ1v) is 7.40. The maximum atomic E-state index is 4.31. The standard InChI is InChI=1S/C6H5.C3H2NS.Sn/c1-2-4-6-5-3-1;1-2-5-3-4-1;/h1-5H;1-2H;. The molecule has 0 N–H and O–H groups in total. The second-order valence-electron chi connectivity index (χ2n) is 2.33. The van der Waals surface area contributed by atoms with Crippen molar-refractivity contribution in [1.29, 1.82) is 0 Å². The van der Waals surface area contributed by atoms with Crippen LogP contribution >= 0.6 is 11.3 Å². The minimum atomic E-state index is -0.563. The van der Waals surface area contributed by atoms with Crippen molar-refractivity contribution in [3.05, 3.63) is 41.9 Å². The monoisotopic (exact) mass is 281 g/mol. The Morgan fingerprint density at radius 1 is 1.17 bits per heavy atom. The first-order chi connectivity index (χ1) is 5.95. The van der Waals surface area contributed by atoms with Crippen LogP contribution in [0.2, 0.25) is 0 Å². The zero-order valence-corrected chi connectivity index (χ0v) is 10.1. The van der Waals surface area contributed by atoms with Crippen molar-refractivity contribution in [1.82, 2.24) is 4.98 Å². The molecule has 2 rings (SSSR count). The first-order valence-electron chi connectivity index (χ1n) is 3.67. The van der Waals surface area contributed by atoms with Crippen LogP contribution in [0.5, 0.6) is 0 Å². The topological polar surface area (TPSA) is 12.9 Å². The molecule has 0 atom stereocenters. The number of rotatable bonds is 2. The van der Waals surface area contributed by atoms with Gasteiger partial charge in [0.2, 0.25) is 0 Å². The summed E-state index contributed by atoms with van der Waals surface area (Å²) >= 11 is 1.22. The van der Waals surface area contributed by atoms with E-state index in [4.69, 9.17) is 0 Å². The average Bonchev–Trinajstić information content (AvgIpc) is 2.59. The van der Waals surface area contributed by atoms with Crippen molar-refractivity contribution in [3.8, 4) is 0 Å². The molecule has 0 spiro atoms. The van der Waals surface area contributed by atoms with E-state index in [0.717, 1.165) is 0 Å². The third kappa shape index (κ3) is 2.08. The molecule has 58 valence electrons. The summed E-state index contributed by atoms with van der Waals surface area (Å²) in [6, 6.07) is 10.7. The van der Waals surface area contributed by atoms with Gasteiger partial charge in [-0.25, -0.2) is 0 Å². The van der Waals surface area contributed by atoms with E-state index in [2.05, 4.69) is 40.7 Å². The second-order valence-corrected chi connectivity index (χ2v) is 7.97. The molecular formula is C9H7NSSn. The van der Waals surface area contributed by atoms with Crippen LogP contribution in [0.3, 0.4) is 0 Å². The Bertz CT molecular complexity index is 331. The first kappa shape index (κ1) is 8.26. The van der Waals surface area contributed by atoms with Gasteiger partial charge in [0.15, 0.2) is 0 Å². The number of thiazole rings is 1. The van der Waals surface area contributed by atoms with Gasteiger partial charge in [-0.05, 0) is 0 Å². The van der Waals surface area contributed by atoms with Gasteiger partial charge in [-0.15, -0.1) is 0 Å². The van der Waals surface area contributed by atoms with Gasteiger partial charge < -0.3 is 0 Å². The average molecular weight is 280 g/mol. The molecule has 1 heterocycles. The van der Waals surface area contributed by atoms with E-state index in [1.165, 1.54) is 6.60 Å². The van der Waals surface area contributed by atoms with E-state index in [9.17, 15) is 0 Å². The SMILES string of the molecule is c1cc[c]([Sn][c]2nccs2)cc1. The van der Waals surface area contributed by atoms with Crippen molar-refractivity contribution in [2.45, 2.75) is 0 Å². The Hall–Kier alpha value is -0.351. The summed E-state index contributed by atoms with van der Waals surface area (Å²) < 4.78 is 2.85. The molecule has 1 aromatic heterocycles. The molecule has 2 aromatic rings. The van der Waals surface area contributed by atoms with Gasteiger partial charge in [-0.1, -0.05) is 0 Å². The number of hydrogen-bond acceptors (Lipinski definition) is 2. The molecular weight excluding hydrogens is 273 g/mol. The minimum absolute atomic E-state index is 0.563. The van der Waals surface area contributed by atoms with Crippen LogP contribution in [0.15, 0.2) is 41.9 Å². The normalized spacial score (nSPS) is 10.0. The molecule has 0 unspecified atom stereocenters. The van der Waals surface area contributed by atoms with Crippen molar-refractivity contribution >= 4 is 39.1 Å². The number of benzene rings is 1. The molecule has 1 aromatic carbocycles. The Kier molecular flexibility index (Phi) is 2.79. The molecule has 0 fully saturated rings. The summed E-state index contributed by atoms with van der Waals surface area (Å²) in [5.41, 5.74) is 0. The Morgan fingerprint density at radius 3 is 2.67 bits per heavy atom. The molecule has 2 radical (unpaired) electrons. The van der Waals surface area contributed by atoms with Crippen LogP contribution in [0, 0.1) is 0 Å². The predicted octanol–water partition coefficient (Wildman–Crippen LogP) is 0.798. The molecule has 0 saturated carbocycles. The summed E-state index contributed by atoms with van der Waals surface area (Å²) in [5, 5.41) is 2.05. The van der Waals surface area contributed by atoms with E-state index >= 15 is 0 Å². The zero-order valence-electron chi connectivity index (χ0n) is 6.40. The van der Waals surface area contributed by atoms with Crippen molar-refractivity contribution in [2.24, 2.45) is 0 Å². The van der Waals surface area contributed by atoms with Crippen LogP contribution < -0.4 is 6.60 Å². The van der Waals surface area contributed by atoms with Gasteiger partial charge in [-0.2, -0.15) is 0 Å². The van der Waals surface area contributed by atoms with Crippen LogP contribution in [0.25, 0.3) is 0 Å². The van der Waals surface area contributed by atoms with Crippen molar-refractivity contribution in [2.75, 3.05) is 0 Å². The van der Waals surface area contributed by atoms with Gasteiger partial charge in [-0.3, -0.25) is 0 Å². The van der Waals surface area contributed by atoms with Gasteiger partial charge in [0.25, 0.3) is 0 Å². The summed E-state index contributed by atoms with van der Waals surface area (Å²) in [5.74, 6) is 0. The third-order valence-electron chi connectivity index (χ3n) is 1.46. The number of nitrogens with zero attached hydrogens (tertiary/aromatic N) is 1. The number of aromatic nitrogens is 1. The summed E-state index contributed by atoms with van der Waals surface area (Å²) in [6.45, 7) is 0. The second kappa shape index (κ2) is 4.05. The van der Waals surface area contributed by atoms with Gasteiger partial charge in [0, 0.05) is 0 Å². The van der Waals surface area contributed by atoms with E-state index < -0.39 is 21.1 Å². The Balaban J connectivity index is 2.15. The van der Waals surface area contributed by atoms with Gasteiger partial charge in [0.05, 0.1) is 0 Å². The fourth-order valence-electron chi connectivity index (χ4n) is 0.930. The third-order valence-corrected chi connectivity index (χ3v) is 6.49. The zero-order chi connectivity index (χ0) is 8.23. The molecule has 0 saturated heterocycles. The van der Waals surface area contributed by atoms with E-state index in [1.807, 2.05) is 6.20 Å². The fourth-order valence-corrected chi connectivity index (χ4v) is 5.37. The number of hydrogen-bond donors (Lipinski definition) is 0. The van der Waals surface area contributed by atoms with Crippen LogP contribution in [0.4, 0.5) is 0 Å². The van der Waals surface area contributed by atoms with E-state index in [0.29, 0.717) is 0 Å². The van der Waals surface area contributed by atoms with Gasteiger partial charge >= 0.3 is 86.0 Å². The Labute approximate surface area is 85.7 Å². The van der Waals surface area contributed by atoms with Crippen LogP contribution in [0.1, 0.15) is 0 Å². The molecule has 3 heteroatoms. The summed E-state index contributed by atoms with van der Waals surface area (Å²) in [6.07, 6.45) is 1.89. The summed E-state index contributed by atoms with van der Waals surface area (Å²) in [7, 11) is 0. The van der Waals surface area contributed by atoms with Crippen molar-refractivity contribution < 1.29 is 0 Å². The van der Waals surface area contributed by atoms with Crippen molar-refractivity contribution in [3.63, 3.8) is 0 Å². The molecule has 0 aliphatic carbocycles.